The Bertz CT molecular complexity index is 903. The van der Waals surface area contributed by atoms with Gasteiger partial charge >= 0.3 is 6.18 Å². The summed E-state index contributed by atoms with van der Waals surface area (Å²) in [5, 5.41) is 2.98. The van der Waals surface area contributed by atoms with Gasteiger partial charge in [-0.05, 0) is 30.2 Å². The second-order valence-electron chi connectivity index (χ2n) is 6.55. The number of unbranched alkanes of at least 4 members (excludes halogenated alkanes) is 1. The lowest BCUT2D eigenvalue weighted by molar-refractivity contribution is -0.138. The van der Waals surface area contributed by atoms with Crippen LogP contribution in [0.2, 0.25) is 10.2 Å². The molecule has 0 spiro atoms. The molecule has 1 aromatic heterocycles. The van der Waals surface area contributed by atoms with Gasteiger partial charge in [0.15, 0.2) is 0 Å². The van der Waals surface area contributed by atoms with Crippen LogP contribution in [0.15, 0.2) is 24.4 Å². The predicted molar refractivity (Wildman–Crippen MR) is 103 cm³/mol. The van der Waals surface area contributed by atoms with Crippen molar-refractivity contribution in [2.24, 2.45) is 0 Å². The third-order valence-electron chi connectivity index (χ3n) is 4.59. The van der Waals surface area contributed by atoms with Crippen molar-refractivity contribution in [2.45, 2.75) is 39.0 Å². The number of hydrogen-bond acceptors (Lipinski definition) is 3. The summed E-state index contributed by atoms with van der Waals surface area (Å²) in [6.07, 6.45) is -1.65. The summed E-state index contributed by atoms with van der Waals surface area (Å²) in [4.78, 5) is 17.9. The smallest absolute Gasteiger partial charge is 0.381 e. The number of nitrogens with one attached hydrogen (secondary N) is 1. The van der Waals surface area contributed by atoms with E-state index in [1.165, 1.54) is 0 Å². The molecule has 1 aliphatic heterocycles. The molecule has 0 fully saturated rings. The molecule has 28 heavy (non-hydrogen) atoms. The number of aromatic nitrogens is 1. The van der Waals surface area contributed by atoms with E-state index in [9.17, 15) is 18.0 Å². The quantitative estimate of drug-likeness (QED) is 0.589. The largest absolute Gasteiger partial charge is 0.416 e. The summed E-state index contributed by atoms with van der Waals surface area (Å²) in [6, 6.07) is 4.17. The Morgan fingerprint density at radius 2 is 2.04 bits per heavy atom. The van der Waals surface area contributed by atoms with Crippen molar-refractivity contribution in [1.82, 2.24) is 9.88 Å². The van der Waals surface area contributed by atoms with Crippen molar-refractivity contribution in [3.8, 4) is 0 Å². The lowest BCUT2D eigenvalue weighted by atomic mass is 10.1. The normalized spacial score (nSPS) is 13.8. The van der Waals surface area contributed by atoms with Crippen LogP contribution >= 0.6 is 23.2 Å². The maximum atomic E-state index is 13.2. The summed E-state index contributed by atoms with van der Waals surface area (Å²) >= 11 is 12.2. The predicted octanol–water partition coefficient (Wildman–Crippen LogP) is 5.78. The van der Waals surface area contributed by atoms with Crippen molar-refractivity contribution in [2.75, 3.05) is 11.9 Å². The zero-order valence-electron chi connectivity index (χ0n) is 15.0. The standard InChI is InChI=1S/C19H18Cl2F3N3O/c1-2-3-6-27-10-11-7-12(8-15(20)16(11)18(27)28)26-9-13-14(19(22,23)24)4-5-25-17(13)21/h4-5,7-8,26H,2-3,6,9-10H2,1H3. The number of carbonyl (C=O) groups excluding carboxylic acids is 1. The highest BCUT2D eigenvalue weighted by molar-refractivity contribution is 6.34. The van der Waals surface area contributed by atoms with Crippen LogP contribution in [0.25, 0.3) is 0 Å². The Hall–Kier alpha value is -1.99. The average molecular weight is 432 g/mol. The summed E-state index contributed by atoms with van der Waals surface area (Å²) < 4.78 is 39.6. The third-order valence-corrected chi connectivity index (χ3v) is 5.22. The first-order valence-corrected chi connectivity index (χ1v) is 9.54. The van der Waals surface area contributed by atoms with Gasteiger partial charge in [-0.1, -0.05) is 36.5 Å². The molecule has 1 N–H and O–H groups in total. The van der Waals surface area contributed by atoms with Gasteiger partial charge < -0.3 is 10.2 Å². The van der Waals surface area contributed by atoms with Gasteiger partial charge in [-0.25, -0.2) is 4.98 Å². The van der Waals surface area contributed by atoms with Crippen LogP contribution < -0.4 is 5.32 Å². The second-order valence-corrected chi connectivity index (χ2v) is 7.32. The summed E-state index contributed by atoms with van der Waals surface area (Å²) in [6.45, 7) is 2.94. The van der Waals surface area contributed by atoms with Gasteiger partial charge in [-0.15, -0.1) is 0 Å². The van der Waals surface area contributed by atoms with Gasteiger partial charge in [0, 0.05) is 37.1 Å². The van der Waals surface area contributed by atoms with Gasteiger partial charge in [0.05, 0.1) is 16.1 Å². The Morgan fingerprint density at radius 1 is 1.29 bits per heavy atom. The first-order chi connectivity index (χ1) is 13.2. The summed E-state index contributed by atoms with van der Waals surface area (Å²) in [7, 11) is 0. The van der Waals surface area contributed by atoms with E-state index in [1.54, 1.807) is 17.0 Å². The molecule has 0 saturated carbocycles. The zero-order valence-corrected chi connectivity index (χ0v) is 16.5. The van der Waals surface area contributed by atoms with E-state index in [1.807, 2.05) is 6.92 Å². The van der Waals surface area contributed by atoms with Crippen molar-refractivity contribution >= 4 is 34.8 Å². The number of anilines is 1. The van der Waals surface area contributed by atoms with Gasteiger partial charge in [-0.2, -0.15) is 13.2 Å². The van der Waals surface area contributed by atoms with Gasteiger partial charge in [0.2, 0.25) is 0 Å². The van der Waals surface area contributed by atoms with Crippen LogP contribution in [0.1, 0.15) is 46.8 Å². The monoisotopic (exact) mass is 431 g/mol. The molecule has 0 unspecified atom stereocenters. The molecule has 150 valence electrons. The van der Waals surface area contributed by atoms with Gasteiger partial charge in [0.25, 0.3) is 5.91 Å². The molecule has 2 aromatic rings. The van der Waals surface area contributed by atoms with Crippen LogP contribution in [0, 0.1) is 0 Å². The van der Waals surface area contributed by atoms with Crippen molar-refractivity contribution in [3.63, 3.8) is 0 Å². The fourth-order valence-corrected chi connectivity index (χ4v) is 3.73. The Morgan fingerprint density at radius 3 is 2.71 bits per heavy atom. The van der Waals surface area contributed by atoms with Crippen LogP contribution in [0.3, 0.4) is 0 Å². The lowest BCUT2D eigenvalue weighted by Gasteiger charge is -2.15. The van der Waals surface area contributed by atoms with E-state index in [2.05, 4.69) is 10.3 Å². The minimum absolute atomic E-state index is 0.116. The zero-order chi connectivity index (χ0) is 20.5. The SMILES string of the molecule is CCCCN1Cc2cc(NCc3c(C(F)(F)F)ccnc3Cl)cc(Cl)c2C1=O. The number of fused-ring (bicyclic) bond motifs is 1. The minimum atomic E-state index is -4.54. The summed E-state index contributed by atoms with van der Waals surface area (Å²) in [5.74, 6) is -0.116. The Balaban J connectivity index is 1.82. The first kappa shape index (κ1) is 20.7. The fraction of sp³-hybridized carbons (Fsp3) is 0.368. The number of rotatable bonds is 6. The number of nitrogens with zero attached hydrogens (tertiary/aromatic N) is 2. The first-order valence-electron chi connectivity index (χ1n) is 8.78. The molecule has 1 aromatic carbocycles. The van der Waals surface area contributed by atoms with E-state index >= 15 is 0 Å². The highest BCUT2D eigenvalue weighted by Gasteiger charge is 2.34. The molecular weight excluding hydrogens is 414 g/mol. The molecule has 0 radical (unpaired) electrons. The number of halogens is 5. The van der Waals surface area contributed by atoms with Gasteiger partial charge in [-0.3, -0.25) is 4.79 Å². The molecular formula is C19H18Cl2F3N3O. The van der Waals surface area contributed by atoms with Crippen molar-refractivity contribution < 1.29 is 18.0 Å². The van der Waals surface area contributed by atoms with E-state index in [0.29, 0.717) is 24.3 Å². The maximum absolute atomic E-state index is 13.2. The van der Waals surface area contributed by atoms with Crippen LogP contribution in [0.5, 0.6) is 0 Å². The van der Waals surface area contributed by atoms with Gasteiger partial charge in [0.1, 0.15) is 5.15 Å². The third kappa shape index (κ3) is 4.20. The molecule has 0 aliphatic carbocycles. The number of benzene rings is 1. The minimum Gasteiger partial charge on any atom is -0.381 e. The van der Waals surface area contributed by atoms with E-state index < -0.39 is 11.7 Å². The molecule has 2 heterocycles. The fourth-order valence-electron chi connectivity index (χ4n) is 3.19. The topological polar surface area (TPSA) is 45.2 Å². The molecule has 9 heteroatoms. The number of pyridine rings is 1. The molecule has 1 aliphatic rings. The molecule has 3 rings (SSSR count). The molecule has 0 bridgehead atoms. The van der Waals surface area contributed by atoms with Crippen LogP contribution in [-0.4, -0.2) is 22.3 Å². The van der Waals surface area contributed by atoms with E-state index in [-0.39, 0.29) is 28.2 Å². The molecule has 0 saturated heterocycles. The van der Waals surface area contributed by atoms with E-state index in [0.717, 1.165) is 30.7 Å². The molecule has 0 atom stereocenters. The molecule has 1 amide bonds. The lowest BCUT2D eigenvalue weighted by Crippen LogP contribution is -2.24. The number of carbonyl (C=O) groups is 1. The number of amides is 1. The van der Waals surface area contributed by atoms with Crippen LogP contribution in [-0.2, 0) is 19.3 Å². The number of alkyl halides is 3. The second kappa shape index (κ2) is 8.17. The number of hydrogen-bond donors (Lipinski definition) is 1. The highest BCUT2D eigenvalue weighted by atomic mass is 35.5. The maximum Gasteiger partial charge on any atom is 0.416 e. The Kier molecular flexibility index (Phi) is 6.05. The van der Waals surface area contributed by atoms with Crippen molar-refractivity contribution in [1.29, 1.82) is 0 Å². The Labute approximate surface area is 170 Å². The molecule has 4 nitrogen and oxygen atoms in total. The summed E-state index contributed by atoms with van der Waals surface area (Å²) in [5.41, 5.74) is 0.743. The van der Waals surface area contributed by atoms with Crippen LogP contribution in [0.4, 0.5) is 18.9 Å². The highest BCUT2D eigenvalue weighted by Crippen LogP contribution is 2.36. The van der Waals surface area contributed by atoms with Crippen molar-refractivity contribution in [3.05, 3.63) is 56.8 Å². The van der Waals surface area contributed by atoms with E-state index in [4.69, 9.17) is 23.2 Å². The average Bonchev–Trinajstić information content (AvgIpc) is 2.94.